The van der Waals surface area contributed by atoms with Crippen LogP contribution in [0.15, 0.2) is 18.6 Å². The maximum absolute atomic E-state index is 11.2. The van der Waals surface area contributed by atoms with E-state index in [4.69, 9.17) is 0 Å². The smallest absolute Gasteiger partial charge is 0.142 e. The molecule has 0 unspecified atom stereocenters. The van der Waals surface area contributed by atoms with Crippen molar-refractivity contribution in [2.45, 2.75) is 12.8 Å². The lowest BCUT2D eigenvalue weighted by Gasteiger charge is -2.27. The molecule has 0 radical (unpaired) electrons. The van der Waals surface area contributed by atoms with Crippen molar-refractivity contribution in [1.29, 1.82) is 0 Å². The summed E-state index contributed by atoms with van der Waals surface area (Å²) in [5.74, 6) is 1.27. The Balaban J connectivity index is 1.99. The number of ketones is 1. The molecular formula is C11H12N4O. The Morgan fingerprint density at radius 2 is 2.06 bits per heavy atom. The lowest BCUT2D eigenvalue weighted by atomic mass is 10.1. The predicted molar refractivity (Wildman–Crippen MR) is 60.3 cm³/mol. The molecule has 0 saturated carbocycles. The Bertz CT molecular complexity index is 524. The van der Waals surface area contributed by atoms with Crippen LogP contribution in [0.1, 0.15) is 12.8 Å². The van der Waals surface area contributed by atoms with Crippen LogP contribution in [0.4, 0.5) is 5.82 Å². The standard InChI is InChI=1S/C11H12N4O/c16-8-2-5-15(6-3-8)11-9-1-4-12-10(9)13-7-14-11/h1,4,7H,2-3,5-6H2,(H,12,13,14). The number of aromatic nitrogens is 3. The number of fused-ring (bicyclic) bond motifs is 1. The average Bonchev–Trinajstić information content (AvgIpc) is 2.78. The summed E-state index contributed by atoms with van der Waals surface area (Å²) >= 11 is 0. The van der Waals surface area contributed by atoms with Gasteiger partial charge in [0.25, 0.3) is 0 Å². The van der Waals surface area contributed by atoms with Crippen LogP contribution in [0, 0.1) is 0 Å². The molecule has 0 bridgehead atoms. The lowest BCUT2D eigenvalue weighted by molar-refractivity contribution is -0.119. The van der Waals surface area contributed by atoms with Gasteiger partial charge in [0, 0.05) is 32.1 Å². The first-order valence-corrected chi connectivity index (χ1v) is 5.39. The van der Waals surface area contributed by atoms with Gasteiger partial charge < -0.3 is 9.88 Å². The van der Waals surface area contributed by atoms with E-state index in [0.29, 0.717) is 18.6 Å². The summed E-state index contributed by atoms with van der Waals surface area (Å²) in [6.07, 6.45) is 4.66. The zero-order chi connectivity index (χ0) is 11.0. The third-order valence-corrected chi connectivity index (χ3v) is 2.95. The molecule has 2 aromatic heterocycles. The molecule has 5 nitrogen and oxygen atoms in total. The SMILES string of the molecule is O=C1CCN(c2ncnc3[nH]ccc23)CC1. The molecule has 1 aliphatic heterocycles. The second kappa shape index (κ2) is 3.59. The van der Waals surface area contributed by atoms with Gasteiger partial charge in [-0.15, -0.1) is 0 Å². The van der Waals surface area contributed by atoms with E-state index in [1.165, 1.54) is 0 Å². The van der Waals surface area contributed by atoms with E-state index in [1.807, 2.05) is 12.3 Å². The van der Waals surface area contributed by atoms with Gasteiger partial charge in [0.05, 0.1) is 5.39 Å². The lowest BCUT2D eigenvalue weighted by Crippen LogP contribution is -2.34. The number of hydrogen-bond acceptors (Lipinski definition) is 4. The number of nitrogens with one attached hydrogen (secondary N) is 1. The van der Waals surface area contributed by atoms with Crippen molar-refractivity contribution in [2.24, 2.45) is 0 Å². The molecule has 0 amide bonds. The molecule has 1 N–H and O–H groups in total. The monoisotopic (exact) mass is 216 g/mol. The molecule has 1 saturated heterocycles. The number of piperidine rings is 1. The number of carbonyl (C=O) groups is 1. The Hall–Kier alpha value is -1.91. The molecule has 0 spiro atoms. The van der Waals surface area contributed by atoms with Crippen LogP contribution in [0.25, 0.3) is 11.0 Å². The molecule has 1 aliphatic rings. The Morgan fingerprint density at radius 1 is 1.25 bits per heavy atom. The number of rotatable bonds is 1. The molecule has 2 aromatic rings. The minimum Gasteiger partial charge on any atom is -0.355 e. The summed E-state index contributed by atoms with van der Waals surface area (Å²) in [6, 6.07) is 1.97. The number of hydrogen-bond donors (Lipinski definition) is 1. The fraction of sp³-hybridized carbons (Fsp3) is 0.364. The Labute approximate surface area is 92.5 Å². The van der Waals surface area contributed by atoms with Gasteiger partial charge in [-0.05, 0) is 6.07 Å². The minimum atomic E-state index is 0.343. The van der Waals surface area contributed by atoms with Gasteiger partial charge >= 0.3 is 0 Å². The highest BCUT2D eigenvalue weighted by atomic mass is 16.1. The summed E-state index contributed by atoms with van der Waals surface area (Å²) in [4.78, 5) is 24.9. The normalized spacial score (nSPS) is 17.0. The van der Waals surface area contributed by atoms with Gasteiger partial charge in [0.2, 0.25) is 0 Å². The van der Waals surface area contributed by atoms with Crippen LogP contribution in [0.5, 0.6) is 0 Å². The fourth-order valence-corrected chi connectivity index (χ4v) is 2.08. The number of nitrogens with zero attached hydrogens (tertiary/aromatic N) is 3. The summed E-state index contributed by atoms with van der Waals surface area (Å²) in [5, 5.41) is 1.02. The maximum atomic E-state index is 11.2. The van der Waals surface area contributed by atoms with Crippen molar-refractivity contribution in [1.82, 2.24) is 15.0 Å². The fourth-order valence-electron chi connectivity index (χ4n) is 2.08. The predicted octanol–water partition coefficient (Wildman–Crippen LogP) is 1.13. The highest BCUT2D eigenvalue weighted by Crippen LogP contribution is 2.23. The topological polar surface area (TPSA) is 61.9 Å². The zero-order valence-electron chi connectivity index (χ0n) is 8.81. The Morgan fingerprint density at radius 3 is 2.88 bits per heavy atom. The van der Waals surface area contributed by atoms with Gasteiger partial charge in [-0.1, -0.05) is 0 Å². The van der Waals surface area contributed by atoms with E-state index in [9.17, 15) is 4.79 Å². The van der Waals surface area contributed by atoms with E-state index in [2.05, 4.69) is 19.9 Å². The van der Waals surface area contributed by atoms with Crippen LogP contribution >= 0.6 is 0 Å². The van der Waals surface area contributed by atoms with Crippen LogP contribution < -0.4 is 4.90 Å². The van der Waals surface area contributed by atoms with Gasteiger partial charge in [-0.2, -0.15) is 0 Å². The third-order valence-electron chi connectivity index (χ3n) is 2.95. The van der Waals surface area contributed by atoms with Crippen molar-refractivity contribution >= 4 is 22.6 Å². The molecule has 82 valence electrons. The summed E-state index contributed by atoms with van der Waals surface area (Å²) in [7, 11) is 0. The highest BCUT2D eigenvalue weighted by molar-refractivity contribution is 5.88. The second-order valence-electron chi connectivity index (χ2n) is 3.96. The highest BCUT2D eigenvalue weighted by Gasteiger charge is 2.19. The molecule has 3 heterocycles. The van der Waals surface area contributed by atoms with Crippen LogP contribution in [0.3, 0.4) is 0 Å². The van der Waals surface area contributed by atoms with Crippen LogP contribution in [-0.4, -0.2) is 33.8 Å². The molecule has 0 aromatic carbocycles. The molecule has 16 heavy (non-hydrogen) atoms. The van der Waals surface area contributed by atoms with Gasteiger partial charge in [-0.25, -0.2) is 9.97 Å². The van der Waals surface area contributed by atoms with Crippen molar-refractivity contribution in [2.75, 3.05) is 18.0 Å². The summed E-state index contributed by atoms with van der Waals surface area (Å²) in [5.41, 5.74) is 0.849. The van der Waals surface area contributed by atoms with E-state index < -0.39 is 0 Å². The molecule has 1 fully saturated rings. The van der Waals surface area contributed by atoms with Crippen molar-refractivity contribution in [3.63, 3.8) is 0 Å². The molecule has 0 aliphatic carbocycles. The molecule has 5 heteroatoms. The van der Waals surface area contributed by atoms with Crippen molar-refractivity contribution < 1.29 is 4.79 Å². The summed E-state index contributed by atoms with van der Waals surface area (Å²) in [6.45, 7) is 1.52. The van der Waals surface area contributed by atoms with E-state index in [1.54, 1.807) is 6.33 Å². The van der Waals surface area contributed by atoms with Gasteiger partial charge in [-0.3, -0.25) is 4.79 Å². The molecule has 0 atom stereocenters. The van der Waals surface area contributed by atoms with Gasteiger partial charge in [0.1, 0.15) is 23.6 Å². The Kier molecular flexibility index (Phi) is 2.09. The first kappa shape index (κ1) is 9.33. The second-order valence-corrected chi connectivity index (χ2v) is 3.96. The number of carbonyl (C=O) groups excluding carboxylic acids is 1. The average molecular weight is 216 g/mol. The molecule has 3 rings (SSSR count). The summed E-state index contributed by atoms with van der Waals surface area (Å²) < 4.78 is 0. The molecular weight excluding hydrogens is 204 g/mol. The van der Waals surface area contributed by atoms with Crippen molar-refractivity contribution in [3.05, 3.63) is 18.6 Å². The van der Waals surface area contributed by atoms with Crippen molar-refractivity contribution in [3.8, 4) is 0 Å². The largest absolute Gasteiger partial charge is 0.355 e. The number of Topliss-reactive ketones (excluding diaryl/α,β-unsaturated/α-hetero) is 1. The number of anilines is 1. The van der Waals surface area contributed by atoms with E-state index in [0.717, 1.165) is 29.9 Å². The van der Waals surface area contributed by atoms with E-state index >= 15 is 0 Å². The first-order chi connectivity index (χ1) is 7.84. The first-order valence-electron chi connectivity index (χ1n) is 5.39. The van der Waals surface area contributed by atoms with Crippen LogP contribution in [-0.2, 0) is 4.79 Å². The third kappa shape index (κ3) is 1.44. The van der Waals surface area contributed by atoms with E-state index in [-0.39, 0.29) is 0 Å². The minimum absolute atomic E-state index is 0.343. The number of aromatic amines is 1. The van der Waals surface area contributed by atoms with Gasteiger partial charge in [0.15, 0.2) is 0 Å². The number of H-pyrrole nitrogens is 1. The maximum Gasteiger partial charge on any atom is 0.142 e. The zero-order valence-corrected chi connectivity index (χ0v) is 8.81. The van der Waals surface area contributed by atoms with Crippen LogP contribution in [0.2, 0.25) is 0 Å². The quantitative estimate of drug-likeness (QED) is 0.776.